The molecule has 2 rings (SSSR count). The van der Waals surface area contributed by atoms with E-state index in [2.05, 4.69) is 22.9 Å². The number of esters is 1. The summed E-state index contributed by atoms with van der Waals surface area (Å²) < 4.78 is 4.84. The molecule has 2 atom stereocenters. The normalized spacial score (nSPS) is 24.2. The third-order valence-corrected chi connectivity index (χ3v) is 3.53. The molecule has 0 aromatic carbocycles. The maximum atomic E-state index is 11.6. The van der Waals surface area contributed by atoms with Gasteiger partial charge < -0.3 is 4.74 Å². The third-order valence-electron chi connectivity index (χ3n) is 3.53. The summed E-state index contributed by atoms with van der Waals surface area (Å²) in [4.78, 5) is 18.1. The molecule has 0 bridgehead atoms. The van der Waals surface area contributed by atoms with Gasteiger partial charge in [-0.25, -0.2) is 0 Å². The smallest absolute Gasteiger partial charge is 0.310 e. The molecule has 1 aliphatic rings. The number of hydrogen-bond acceptors (Lipinski definition) is 4. The number of methoxy groups -OCH3 is 1. The summed E-state index contributed by atoms with van der Waals surface area (Å²) in [5, 5.41) is 0. The van der Waals surface area contributed by atoms with E-state index in [1.165, 1.54) is 18.2 Å². The Morgan fingerprint density at radius 1 is 1.50 bits per heavy atom. The molecule has 0 aliphatic carbocycles. The Labute approximate surface area is 108 Å². The fourth-order valence-electron chi connectivity index (χ4n) is 2.62. The molecule has 1 aromatic heterocycles. The number of likely N-dealkylation sites (tertiary alicyclic amines) is 1. The van der Waals surface area contributed by atoms with Crippen molar-refractivity contribution in [2.45, 2.75) is 20.4 Å². The number of carbonyl (C=O) groups excluding carboxylic acids is 1. The van der Waals surface area contributed by atoms with E-state index < -0.39 is 0 Å². The van der Waals surface area contributed by atoms with Gasteiger partial charge in [0, 0.05) is 32.0 Å². The van der Waals surface area contributed by atoms with Crippen LogP contribution in [0.2, 0.25) is 0 Å². The van der Waals surface area contributed by atoms with Crippen molar-refractivity contribution in [1.29, 1.82) is 0 Å². The molecule has 0 N–H and O–H groups in total. The Bertz CT molecular complexity index is 434. The highest BCUT2D eigenvalue weighted by atomic mass is 16.5. The van der Waals surface area contributed by atoms with Gasteiger partial charge in [-0.05, 0) is 24.0 Å². The monoisotopic (exact) mass is 248 g/mol. The molecule has 1 saturated heterocycles. The molecule has 0 radical (unpaired) electrons. The van der Waals surface area contributed by atoms with Crippen LogP contribution in [0.1, 0.15) is 18.1 Å². The van der Waals surface area contributed by atoms with Crippen LogP contribution < -0.4 is 0 Å². The Morgan fingerprint density at radius 3 is 2.94 bits per heavy atom. The minimum absolute atomic E-state index is 0.00719. The summed E-state index contributed by atoms with van der Waals surface area (Å²) in [6.07, 6.45) is 3.75. The summed E-state index contributed by atoms with van der Waals surface area (Å²) in [7, 11) is 1.46. The van der Waals surface area contributed by atoms with E-state index in [0.29, 0.717) is 5.92 Å². The summed E-state index contributed by atoms with van der Waals surface area (Å²) >= 11 is 0. The van der Waals surface area contributed by atoms with Crippen molar-refractivity contribution < 1.29 is 9.53 Å². The van der Waals surface area contributed by atoms with E-state index >= 15 is 0 Å². The molecule has 1 aromatic rings. The molecule has 1 fully saturated rings. The summed E-state index contributed by atoms with van der Waals surface area (Å²) in [5.74, 6) is 0.273. The number of ether oxygens (including phenoxy) is 1. The third kappa shape index (κ3) is 2.88. The van der Waals surface area contributed by atoms with Gasteiger partial charge in [0.25, 0.3) is 0 Å². The summed E-state index contributed by atoms with van der Waals surface area (Å²) in [6, 6.07) is 2.14. The van der Waals surface area contributed by atoms with Crippen LogP contribution in [-0.2, 0) is 16.1 Å². The first-order valence-corrected chi connectivity index (χ1v) is 6.31. The van der Waals surface area contributed by atoms with Crippen LogP contribution in [0.4, 0.5) is 0 Å². The van der Waals surface area contributed by atoms with Crippen LogP contribution in [0.5, 0.6) is 0 Å². The molecule has 4 heteroatoms. The van der Waals surface area contributed by atoms with Gasteiger partial charge in [-0.15, -0.1) is 0 Å². The van der Waals surface area contributed by atoms with E-state index in [1.54, 1.807) is 0 Å². The Hall–Kier alpha value is -1.42. The number of nitrogens with zero attached hydrogens (tertiary/aromatic N) is 2. The van der Waals surface area contributed by atoms with Crippen LogP contribution in [0.15, 0.2) is 18.5 Å². The number of rotatable bonds is 3. The van der Waals surface area contributed by atoms with Crippen molar-refractivity contribution in [1.82, 2.24) is 9.88 Å². The lowest BCUT2D eigenvalue weighted by Crippen LogP contribution is -2.24. The van der Waals surface area contributed by atoms with E-state index in [4.69, 9.17) is 4.74 Å². The fraction of sp³-hybridized carbons (Fsp3) is 0.571. The molecule has 2 unspecified atom stereocenters. The van der Waals surface area contributed by atoms with Gasteiger partial charge in [-0.2, -0.15) is 0 Å². The van der Waals surface area contributed by atoms with Crippen LogP contribution in [0, 0.1) is 18.8 Å². The van der Waals surface area contributed by atoms with Crippen molar-refractivity contribution in [3.05, 3.63) is 29.6 Å². The van der Waals surface area contributed by atoms with E-state index in [-0.39, 0.29) is 11.9 Å². The molecular formula is C14H20N2O2. The highest BCUT2D eigenvalue weighted by molar-refractivity contribution is 5.73. The second kappa shape index (κ2) is 5.48. The lowest BCUT2D eigenvalue weighted by molar-refractivity contribution is -0.146. The zero-order valence-electron chi connectivity index (χ0n) is 11.2. The maximum absolute atomic E-state index is 11.6. The maximum Gasteiger partial charge on any atom is 0.310 e. The standard InChI is InChI=1S/C14H20N2O2/c1-10-4-12(6-15-5-10)8-16-7-11(2)13(9-16)14(17)18-3/h4-6,11,13H,7-9H2,1-3H3. The first kappa shape index (κ1) is 13.0. The van der Waals surface area contributed by atoms with E-state index in [1.807, 2.05) is 19.3 Å². The molecule has 0 saturated carbocycles. The van der Waals surface area contributed by atoms with Crippen LogP contribution in [-0.4, -0.2) is 36.1 Å². The molecule has 4 nitrogen and oxygen atoms in total. The fourth-order valence-corrected chi connectivity index (χ4v) is 2.62. The van der Waals surface area contributed by atoms with Gasteiger partial charge in [-0.1, -0.05) is 13.0 Å². The van der Waals surface area contributed by atoms with Crippen LogP contribution in [0.25, 0.3) is 0 Å². The zero-order valence-corrected chi connectivity index (χ0v) is 11.2. The minimum Gasteiger partial charge on any atom is -0.469 e. The summed E-state index contributed by atoms with van der Waals surface area (Å²) in [5.41, 5.74) is 2.37. The SMILES string of the molecule is COC(=O)C1CN(Cc2cncc(C)c2)CC1C. The first-order valence-electron chi connectivity index (χ1n) is 6.31. The number of aryl methyl sites for hydroxylation is 1. The predicted molar refractivity (Wildman–Crippen MR) is 68.9 cm³/mol. The van der Waals surface area contributed by atoms with Crippen molar-refractivity contribution in [2.24, 2.45) is 11.8 Å². The van der Waals surface area contributed by atoms with Crippen molar-refractivity contribution in [3.63, 3.8) is 0 Å². The van der Waals surface area contributed by atoms with Gasteiger partial charge in [-0.3, -0.25) is 14.7 Å². The molecule has 0 spiro atoms. The van der Waals surface area contributed by atoms with Crippen molar-refractivity contribution in [3.8, 4) is 0 Å². The van der Waals surface area contributed by atoms with Gasteiger partial charge in [0.05, 0.1) is 13.0 Å². The number of carbonyl (C=O) groups is 1. The Balaban J connectivity index is 1.98. The molecule has 2 heterocycles. The topological polar surface area (TPSA) is 42.4 Å². The van der Waals surface area contributed by atoms with Crippen LogP contribution in [0.3, 0.4) is 0 Å². The van der Waals surface area contributed by atoms with Crippen molar-refractivity contribution in [2.75, 3.05) is 20.2 Å². The average Bonchev–Trinajstić information content (AvgIpc) is 2.69. The van der Waals surface area contributed by atoms with Gasteiger partial charge in [0.1, 0.15) is 0 Å². The number of aromatic nitrogens is 1. The molecule has 1 aliphatic heterocycles. The summed E-state index contributed by atoms with van der Waals surface area (Å²) in [6.45, 7) is 6.72. The quantitative estimate of drug-likeness (QED) is 0.763. The number of hydrogen-bond donors (Lipinski definition) is 0. The first-order chi connectivity index (χ1) is 8.60. The van der Waals surface area contributed by atoms with Crippen molar-refractivity contribution >= 4 is 5.97 Å². The molecule has 18 heavy (non-hydrogen) atoms. The highest BCUT2D eigenvalue weighted by Crippen LogP contribution is 2.25. The van der Waals surface area contributed by atoms with E-state index in [0.717, 1.165) is 19.6 Å². The van der Waals surface area contributed by atoms with E-state index in [9.17, 15) is 4.79 Å². The number of pyridine rings is 1. The highest BCUT2D eigenvalue weighted by Gasteiger charge is 2.35. The molecular weight excluding hydrogens is 228 g/mol. The predicted octanol–water partition coefficient (Wildman–Crippen LogP) is 1.63. The molecule has 98 valence electrons. The lowest BCUT2D eigenvalue weighted by Gasteiger charge is -2.15. The average molecular weight is 248 g/mol. The largest absolute Gasteiger partial charge is 0.469 e. The van der Waals surface area contributed by atoms with Gasteiger partial charge >= 0.3 is 5.97 Å². The van der Waals surface area contributed by atoms with Gasteiger partial charge in [0.15, 0.2) is 0 Å². The van der Waals surface area contributed by atoms with Crippen LogP contribution >= 0.6 is 0 Å². The lowest BCUT2D eigenvalue weighted by atomic mass is 9.99. The zero-order chi connectivity index (χ0) is 13.1. The Morgan fingerprint density at radius 2 is 2.28 bits per heavy atom. The second-order valence-electron chi connectivity index (χ2n) is 5.17. The van der Waals surface area contributed by atoms with Gasteiger partial charge in [0.2, 0.25) is 0 Å². The molecule has 0 amide bonds. The second-order valence-corrected chi connectivity index (χ2v) is 5.17. The minimum atomic E-state index is -0.0904. The Kier molecular flexibility index (Phi) is 3.97.